The van der Waals surface area contributed by atoms with Crippen LogP contribution in [0, 0.1) is 0 Å². The van der Waals surface area contributed by atoms with Crippen LogP contribution in [0.15, 0.2) is 59.5 Å². The molecule has 1 atom stereocenters. The van der Waals surface area contributed by atoms with Gasteiger partial charge in [0.05, 0.1) is 16.7 Å². The Morgan fingerprint density at radius 3 is 2.43 bits per heavy atom. The highest BCUT2D eigenvalue weighted by Gasteiger charge is 2.26. The quantitative estimate of drug-likeness (QED) is 0.565. The van der Waals surface area contributed by atoms with E-state index in [-0.39, 0.29) is 16.1 Å². The van der Waals surface area contributed by atoms with Crippen LogP contribution in [0.1, 0.15) is 25.3 Å². The fraction of sp³-hybridized carbons (Fsp3) is 0.409. The van der Waals surface area contributed by atoms with Crippen LogP contribution < -0.4 is 10.1 Å². The van der Waals surface area contributed by atoms with E-state index in [0.717, 1.165) is 18.6 Å². The molecule has 0 spiro atoms. The number of amides is 1. The van der Waals surface area contributed by atoms with Crippen molar-refractivity contribution in [2.75, 3.05) is 26.2 Å². The number of thioether (sulfide) groups is 1. The smallest absolute Gasteiger partial charge is 0.243 e. The molecule has 0 bridgehead atoms. The Hall–Kier alpha value is -2.03. The van der Waals surface area contributed by atoms with E-state index in [1.54, 1.807) is 36.0 Å². The van der Waals surface area contributed by atoms with Crippen molar-refractivity contribution in [1.29, 1.82) is 0 Å². The first-order valence-electron chi connectivity index (χ1n) is 10.1. The van der Waals surface area contributed by atoms with Gasteiger partial charge in [0.25, 0.3) is 0 Å². The van der Waals surface area contributed by atoms with Crippen molar-refractivity contribution >= 4 is 27.7 Å². The van der Waals surface area contributed by atoms with Crippen molar-refractivity contribution in [2.45, 2.75) is 35.7 Å². The summed E-state index contributed by atoms with van der Waals surface area (Å²) in [6.07, 6.45) is 1.82. The van der Waals surface area contributed by atoms with Gasteiger partial charge in [-0.1, -0.05) is 30.3 Å². The summed E-state index contributed by atoms with van der Waals surface area (Å²) >= 11 is 1.59. The van der Waals surface area contributed by atoms with E-state index in [0.29, 0.717) is 32.0 Å². The molecule has 1 aliphatic rings. The molecule has 1 aliphatic heterocycles. The Bertz CT molecular complexity index is 912. The van der Waals surface area contributed by atoms with Gasteiger partial charge in [-0.15, -0.1) is 11.8 Å². The Balaban J connectivity index is 1.38. The molecule has 162 valence electrons. The van der Waals surface area contributed by atoms with Gasteiger partial charge in [-0.2, -0.15) is 4.31 Å². The first-order valence-corrected chi connectivity index (χ1v) is 12.6. The van der Waals surface area contributed by atoms with Crippen LogP contribution in [0.4, 0.5) is 0 Å². The Morgan fingerprint density at radius 1 is 1.10 bits per heavy atom. The second-order valence-corrected chi connectivity index (χ2v) is 10.4. The van der Waals surface area contributed by atoms with E-state index in [1.807, 2.05) is 37.3 Å². The molecular weight excluding hydrogens is 420 g/mol. The maximum absolute atomic E-state index is 12.5. The van der Waals surface area contributed by atoms with Gasteiger partial charge in [0.1, 0.15) is 12.4 Å². The third-order valence-corrected chi connectivity index (χ3v) is 8.04. The normalized spacial score (nSPS) is 15.6. The van der Waals surface area contributed by atoms with Crippen molar-refractivity contribution in [3.8, 4) is 5.75 Å². The summed E-state index contributed by atoms with van der Waals surface area (Å²) in [6, 6.07) is 16.5. The minimum Gasteiger partial charge on any atom is -0.492 e. The highest BCUT2D eigenvalue weighted by Crippen LogP contribution is 2.23. The summed E-state index contributed by atoms with van der Waals surface area (Å²) < 4.78 is 32.2. The zero-order chi connectivity index (χ0) is 21.4. The van der Waals surface area contributed by atoms with E-state index in [1.165, 1.54) is 9.87 Å². The van der Waals surface area contributed by atoms with Crippen molar-refractivity contribution < 1.29 is 17.9 Å². The predicted molar refractivity (Wildman–Crippen MR) is 120 cm³/mol. The maximum atomic E-state index is 12.5. The Labute approximate surface area is 183 Å². The van der Waals surface area contributed by atoms with E-state index in [4.69, 9.17) is 4.74 Å². The topological polar surface area (TPSA) is 75.7 Å². The Kier molecular flexibility index (Phi) is 8.18. The molecule has 0 aliphatic carbocycles. The molecular formula is C22H28N2O4S2. The average Bonchev–Trinajstić information content (AvgIpc) is 3.32. The van der Waals surface area contributed by atoms with Crippen molar-refractivity contribution in [3.05, 3.63) is 60.2 Å². The monoisotopic (exact) mass is 448 g/mol. The lowest BCUT2D eigenvalue weighted by Crippen LogP contribution is -2.34. The molecule has 1 N–H and O–H groups in total. The number of carbonyl (C=O) groups is 1. The summed E-state index contributed by atoms with van der Waals surface area (Å²) in [4.78, 5) is 12.5. The van der Waals surface area contributed by atoms with E-state index in [9.17, 15) is 13.2 Å². The van der Waals surface area contributed by atoms with Gasteiger partial charge in [-0.05, 0) is 49.6 Å². The fourth-order valence-electron chi connectivity index (χ4n) is 3.14. The zero-order valence-corrected chi connectivity index (χ0v) is 18.8. The molecule has 3 rings (SSSR count). The SMILES string of the molecule is C[C@@H](SCc1ccccc1)C(=O)NCCOc1ccc(S(=O)(=O)N2CCCC2)cc1. The molecule has 2 aromatic carbocycles. The first-order chi connectivity index (χ1) is 14.5. The molecule has 6 nitrogen and oxygen atoms in total. The molecule has 8 heteroatoms. The Morgan fingerprint density at radius 2 is 1.77 bits per heavy atom. The maximum Gasteiger partial charge on any atom is 0.243 e. The van der Waals surface area contributed by atoms with Crippen molar-refractivity contribution in [1.82, 2.24) is 9.62 Å². The summed E-state index contributed by atoms with van der Waals surface area (Å²) in [7, 11) is -3.41. The van der Waals surface area contributed by atoms with Crippen LogP contribution >= 0.6 is 11.8 Å². The second kappa shape index (κ2) is 10.8. The van der Waals surface area contributed by atoms with E-state index in [2.05, 4.69) is 5.32 Å². The lowest BCUT2D eigenvalue weighted by Gasteiger charge is -2.16. The molecule has 1 amide bonds. The number of sulfonamides is 1. The highest BCUT2D eigenvalue weighted by molar-refractivity contribution is 7.99. The number of benzene rings is 2. The number of rotatable bonds is 10. The lowest BCUT2D eigenvalue weighted by atomic mass is 10.2. The number of nitrogens with one attached hydrogen (secondary N) is 1. The van der Waals surface area contributed by atoms with Crippen LogP contribution in [0.2, 0.25) is 0 Å². The summed E-state index contributed by atoms with van der Waals surface area (Å²) in [6.45, 7) is 3.77. The zero-order valence-electron chi connectivity index (χ0n) is 17.1. The van der Waals surface area contributed by atoms with Crippen LogP contribution in [0.5, 0.6) is 5.75 Å². The molecule has 0 radical (unpaired) electrons. The van der Waals surface area contributed by atoms with E-state index >= 15 is 0 Å². The van der Waals surface area contributed by atoms with Gasteiger partial charge in [-0.3, -0.25) is 4.79 Å². The number of hydrogen-bond acceptors (Lipinski definition) is 5. The molecule has 1 saturated heterocycles. The van der Waals surface area contributed by atoms with Crippen molar-refractivity contribution in [3.63, 3.8) is 0 Å². The summed E-state index contributed by atoms with van der Waals surface area (Å²) in [5, 5.41) is 2.72. The molecule has 0 aromatic heterocycles. The highest BCUT2D eigenvalue weighted by atomic mass is 32.2. The van der Waals surface area contributed by atoms with E-state index < -0.39 is 10.0 Å². The fourth-order valence-corrected chi connectivity index (χ4v) is 5.53. The molecule has 0 unspecified atom stereocenters. The third-order valence-electron chi connectivity index (χ3n) is 4.91. The number of hydrogen-bond donors (Lipinski definition) is 1. The van der Waals surface area contributed by atoms with Gasteiger partial charge in [-0.25, -0.2) is 8.42 Å². The third kappa shape index (κ3) is 6.23. The largest absolute Gasteiger partial charge is 0.492 e. The molecule has 30 heavy (non-hydrogen) atoms. The van der Waals surface area contributed by atoms with Gasteiger partial charge in [0, 0.05) is 18.8 Å². The summed E-state index contributed by atoms with van der Waals surface area (Å²) in [5.41, 5.74) is 1.20. The average molecular weight is 449 g/mol. The van der Waals surface area contributed by atoms with Crippen LogP contribution in [0.25, 0.3) is 0 Å². The predicted octanol–water partition coefficient (Wildman–Crippen LogP) is 3.29. The lowest BCUT2D eigenvalue weighted by molar-refractivity contribution is -0.120. The van der Waals surface area contributed by atoms with Crippen LogP contribution in [-0.4, -0.2) is 50.1 Å². The number of ether oxygens (including phenoxy) is 1. The number of nitrogens with zero attached hydrogens (tertiary/aromatic N) is 1. The van der Waals surface area contributed by atoms with Crippen LogP contribution in [0.3, 0.4) is 0 Å². The van der Waals surface area contributed by atoms with Crippen molar-refractivity contribution in [2.24, 2.45) is 0 Å². The minimum absolute atomic E-state index is 0.0217. The second-order valence-electron chi connectivity index (χ2n) is 7.16. The van der Waals surface area contributed by atoms with Gasteiger partial charge in [0.2, 0.25) is 15.9 Å². The minimum atomic E-state index is -3.41. The standard InChI is InChI=1S/C22H28N2O4S2/c1-18(29-17-19-7-3-2-4-8-19)22(25)23-13-16-28-20-9-11-21(12-10-20)30(26,27)24-14-5-6-15-24/h2-4,7-12,18H,5-6,13-17H2,1H3,(H,23,25)/t18-/m1/s1. The van der Waals surface area contributed by atoms with Gasteiger partial charge in [0.15, 0.2) is 0 Å². The molecule has 2 aromatic rings. The summed E-state index contributed by atoms with van der Waals surface area (Å²) in [5.74, 6) is 1.35. The van der Waals surface area contributed by atoms with Crippen LogP contribution in [-0.2, 0) is 20.6 Å². The number of carbonyl (C=O) groups excluding carboxylic acids is 1. The van der Waals surface area contributed by atoms with Gasteiger partial charge >= 0.3 is 0 Å². The molecule has 1 fully saturated rings. The molecule has 0 saturated carbocycles. The molecule has 1 heterocycles. The van der Waals surface area contributed by atoms with Gasteiger partial charge < -0.3 is 10.1 Å². The first kappa shape index (κ1) is 22.7.